The van der Waals surface area contributed by atoms with Crippen LogP contribution in [-0.4, -0.2) is 12.9 Å². The molecule has 0 bridgehead atoms. The molecule has 0 unspecified atom stereocenters. The Hall–Kier alpha value is -2.29. The van der Waals surface area contributed by atoms with Gasteiger partial charge in [0.05, 0.1) is 18.5 Å². The molecule has 146 valence electrons. The van der Waals surface area contributed by atoms with Crippen molar-refractivity contribution in [1.82, 2.24) is 0 Å². The van der Waals surface area contributed by atoms with Crippen LogP contribution in [0.1, 0.15) is 71.4 Å². The van der Waals surface area contributed by atoms with E-state index in [9.17, 15) is 0 Å². The molecule has 0 saturated carbocycles. The van der Waals surface area contributed by atoms with E-state index in [0.29, 0.717) is 11.8 Å². The first-order chi connectivity index (χ1) is 12.6. The van der Waals surface area contributed by atoms with E-state index in [0.717, 1.165) is 23.0 Å². The molecule has 3 nitrogen and oxygen atoms in total. The fraction of sp³-hybridized carbons (Fsp3) is 0.458. The van der Waals surface area contributed by atoms with Crippen molar-refractivity contribution >= 4 is 17.2 Å². The fourth-order valence-corrected chi connectivity index (χ4v) is 3.01. The van der Waals surface area contributed by atoms with Gasteiger partial charge in [-0.05, 0) is 35.1 Å². The first-order valence-corrected chi connectivity index (χ1v) is 9.77. The molecule has 1 N–H and O–H groups in total. The van der Waals surface area contributed by atoms with Gasteiger partial charge in [0.15, 0.2) is 0 Å². The summed E-state index contributed by atoms with van der Waals surface area (Å²) in [5.41, 5.74) is 4.45. The van der Waals surface area contributed by atoms with Crippen LogP contribution in [0, 0.1) is 5.41 Å². The van der Waals surface area contributed by atoms with Gasteiger partial charge in [0.2, 0.25) is 0 Å². The van der Waals surface area contributed by atoms with E-state index in [1.807, 2.05) is 24.3 Å². The van der Waals surface area contributed by atoms with E-state index in [4.69, 9.17) is 9.73 Å². The first-order valence-electron chi connectivity index (χ1n) is 9.77. The van der Waals surface area contributed by atoms with E-state index in [-0.39, 0.29) is 5.41 Å². The van der Waals surface area contributed by atoms with Gasteiger partial charge in [-0.3, -0.25) is 0 Å². The van der Waals surface area contributed by atoms with Crippen LogP contribution in [-0.2, 0) is 0 Å². The molecule has 0 aliphatic heterocycles. The van der Waals surface area contributed by atoms with Crippen LogP contribution in [0.15, 0.2) is 47.5 Å². The van der Waals surface area contributed by atoms with Gasteiger partial charge in [-0.2, -0.15) is 0 Å². The number of nitrogens with one attached hydrogen (secondary N) is 1. The molecule has 0 atom stereocenters. The van der Waals surface area contributed by atoms with Crippen molar-refractivity contribution in [3.05, 3.63) is 53.6 Å². The Labute approximate surface area is 164 Å². The van der Waals surface area contributed by atoms with Crippen LogP contribution >= 0.6 is 0 Å². The average molecular weight is 367 g/mol. The van der Waals surface area contributed by atoms with Crippen molar-refractivity contribution in [2.45, 2.75) is 60.3 Å². The topological polar surface area (TPSA) is 33.6 Å². The fourth-order valence-electron chi connectivity index (χ4n) is 3.01. The smallest absolute Gasteiger partial charge is 0.142 e. The van der Waals surface area contributed by atoms with E-state index < -0.39 is 0 Å². The van der Waals surface area contributed by atoms with E-state index in [2.05, 4.69) is 72.0 Å². The lowest BCUT2D eigenvalue weighted by molar-refractivity contribution is 0.416. The van der Waals surface area contributed by atoms with Gasteiger partial charge >= 0.3 is 0 Å². The van der Waals surface area contributed by atoms with Crippen molar-refractivity contribution in [1.29, 1.82) is 0 Å². The highest BCUT2D eigenvalue weighted by atomic mass is 16.5. The van der Waals surface area contributed by atoms with Crippen LogP contribution in [0.25, 0.3) is 0 Å². The van der Waals surface area contributed by atoms with Crippen LogP contribution in [0.5, 0.6) is 5.75 Å². The number of benzene rings is 2. The lowest BCUT2D eigenvalue weighted by atomic mass is 9.91. The lowest BCUT2D eigenvalue weighted by Crippen LogP contribution is -2.28. The maximum atomic E-state index is 5.52. The Balaban J connectivity index is 2.63. The van der Waals surface area contributed by atoms with Crippen LogP contribution in [0.4, 0.5) is 11.4 Å². The number of hydrogen-bond donors (Lipinski definition) is 1. The number of amidine groups is 1. The Kier molecular flexibility index (Phi) is 6.69. The quantitative estimate of drug-likeness (QED) is 0.451. The maximum Gasteiger partial charge on any atom is 0.142 e. The van der Waals surface area contributed by atoms with Gasteiger partial charge in [0.1, 0.15) is 11.6 Å². The van der Waals surface area contributed by atoms with Gasteiger partial charge < -0.3 is 10.1 Å². The summed E-state index contributed by atoms with van der Waals surface area (Å²) in [5.74, 6) is 2.57. The predicted octanol–water partition coefficient (Wildman–Crippen LogP) is 7.13. The van der Waals surface area contributed by atoms with E-state index in [1.165, 1.54) is 11.1 Å². The molecule has 0 spiro atoms. The Morgan fingerprint density at radius 3 is 1.93 bits per heavy atom. The molecule has 2 rings (SSSR count). The highest BCUT2D eigenvalue weighted by molar-refractivity contribution is 6.01. The molecule has 0 radical (unpaired) electrons. The predicted molar refractivity (Wildman–Crippen MR) is 118 cm³/mol. The normalized spacial score (nSPS) is 12.6. The number of hydrogen-bond acceptors (Lipinski definition) is 2. The molecule has 0 aliphatic rings. The first kappa shape index (κ1) is 21.0. The average Bonchev–Trinajstić information content (AvgIpc) is 2.60. The zero-order valence-corrected chi connectivity index (χ0v) is 18.1. The summed E-state index contributed by atoms with van der Waals surface area (Å²) >= 11 is 0. The van der Waals surface area contributed by atoms with Crippen molar-refractivity contribution in [3.63, 3.8) is 0 Å². The number of nitrogens with zero attached hydrogens (tertiary/aromatic N) is 1. The van der Waals surface area contributed by atoms with Crippen molar-refractivity contribution < 1.29 is 4.74 Å². The van der Waals surface area contributed by atoms with Gasteiger partial charge in [-0.25, -0.2) is 4.99 Å². The second-order valence-electron chi connectivity index (χ2n) is 8.63. The summed E-state index contributed by atoms with van der Waals surface area (Å²) in [7, 11) is 1.69. The molecule has 0 fully saturated rings. The number of para-hydroxylation sites is 3. The highest BCUT2D eigenvalue weighted by Crippen LogP contribution is 2.36. The molecule has 0 aliphatic carbocycles. The molecule has 0 amide bonds. The van der Waals surface area contributed by atoms with Crippen LogP contribution in [0.3, 0.4) is 0 Å². The molecular weight excluding hydrogens is 332 g/mol. The van der Waals surface area contributed by atoms with Crippen LogP contribution < -0.4 is 10.1 Å². The summed E-state index contributed by atoms with van der Waals surface area (Å²) < 4.78 is 5.52. The van der Waals surface area contributed by atoms with Crippen molar-refractivity contribution in [2.75, 3.05) is 12.4 Å². The van der Waals surface area contributed by atoms with E-state index >= 15 is 0 Å². The van der Waals surface area contributed by atoms with Gasteiger partial charge in [0.25, 0.3) is 0 Å². The summed E-state index contributed by atoms with van der Waals surface area (Å²) in [5, 5.41) is 3.54. The zero-order valence-electron chi connectivity index (χ0n) is 18.1. The lowest BCUT2D eigenvalue weighted by Gasteiger charge is -2.26. The second kappa shape index (κ2) is 8.60. The Morgan fingerprint density at radius 1 is 0.889 bits per heavy atom. The number of anilines is 1. The van der Waals surface area contributed by atoms with Crippen molar-refractivity contribution in [3.8, 4) is 5.75 Å². The maximum absolute atomic E-state index is 5.52. The summed E-state index contributed by atoms with van der Waals surface area (Å²) in [6, 6.07) is 14.5. The largest absolute Gasteiger partial charge is 0.495 e. The third kappa shape index (κ3) is 5.12. The second-order valence-corrected chi connectivity index (χ2v) is 8.63. The molecule has 3 heteroatoms. The zero-order chi connectivity index (χ0) is 20.2. The summed E-state index contributed by atoms with van der Waals surface area (Å²) in [4.78, 5) is 5.19. The third-order valence-corrected chi connectivity index (χ3v) is 4.64. The molecule has 27 heavy (non-hydrogen) atoms. The molecule has 2 aromatic rings. The van der Waals surface area contributed by atoms with Gasteiger partial charge in [-0.15, -0.1) is 0 Å². The Bertz CT molecular complexity index is 772. The minimum atomic E-state index is -0.140. The highest BCUT2D eigenvalue weighted by Gasteiger charge is 2.23. The van der Waals surface area contributed by atoms with Gasteiger partial charge in [-0.1, -0.05) is 78.8 Å². The SMILES string of the molecule is COc1ccccc1NC(=Nc1c(C(C)C)cccc1C(C)C)C(C)(C)C. The third-order valence-electron chi connectivity index (χ3n) is 4.64. The van der Waals surface area contributed by atoms with Crippen LogP contribution in [0.2, 0.25) is 0 Å². The molecule has 0 heterocycles. The number of rotatable bonds is 5. The van der Waals surface area contributed by atoms with E-state index in [1.54, 1.807) is 7.11 Å². The minimum Gasteiger partial charge on any atom is -0.495 e. The van der Waals surface area contributed by atoms with Crippen molar-refractivity contribution in [2.24, 2.45) is 10.4 Å². The number of aliphatic imine (C=N–C) groups is 1. The number of ether oxygens (including phenoxy) is 1. The summed E-state index contributed by atoms with van der Waals surface area (Å²) in [6.45, 7) is 15.4. The molecule has 2 aromatic carbocycles. The molecular formula is C24H34N2O. The van der Waals surface area contributed by atoms with Gasteiger partial charge in [0, 0.05) is 5.41 Å². The summed E-state index contributed by atoms with van der Waals surface area (Å²) in [6.07, 6.45) is 0. The molecule has 0 aromatic heterocycles. The minimum absolute atomic E-state index is 0.140. The molecule has 0 saturated heterocycles. The monoisotopic (exact) mass is 366 g/mol. The number of methoxy groups -OCH3 is 1. The Morgan fingerprint density at radius 2 is 1.44 bits per heavy atom. The standard InChI is InChI=1S/C24H34N2O/c1-16(2)18-12-11-13-19(17(3)4)22(18)26-23(24(5,6)7)25-20-14-9-10-15-21(20)27-8/h9-17H,1-8H3,(H,25,26).